The van der Waals surface area contributed by atoms with Crippen molar-refractivity contribution in [2.45, 2.75) is 26.8 Å². The summed E-state index contributed by atoms with van der Waals surface area (Å²) >= 11 is 0. The Hall–Kier alpha value is -1.59. The van der Waals surface area contributed by atoms with Crippen LogP contribution in [0.5, 0.6) is 0 Å². The standard InChI is InChI=1S/C8H15N5O/c1-4-9-6-11-7(10-5(2)3)13-8(14)12-6/h5H,4H2,1-3H3,(H3,9,10,11,12,13,14)/p+2/i6+1,7+1,8+1,11+1,12+1,13+1. The van der Waals surface area contributed by atoms with Crippen molar-refractivity contribution in [3.63, 3.8) is 0 Å². The molecule has 6 heteroatoms. The number of anilines is 2. The van der Waals surface area contributed by atoms with E-state index in [4.69, 9.17) is 0 Å². The number of nitrogens with one attached hydrogen (secondary N) is 5. The van der Waals surface area contributed by atoms with Crippen LogP contribution in [0, 0.1) is 0 Å². The molecule has 0 aliphatic carbocycles. The van der Waals surface area contributed by atoms with Gasteiger partial charge in [0, 0.05) is 0 Å². The Labute approximate surface area is 82.2 Å². The van der Waals surface area contributed by atoms with Crippen LogP contribution in [0.25, 0.3) is 0 Å². The van der Waals surface area contributed by atoms with Gasteiger partial charge in [-0.1, -0.05) is 0 Å². The summed E-state index contributed by atoms with van der Waals surface area (Å²) in [6.07, 6.45) is 0. The van der Waals surface area contributed by atoms with E-state index in [1.54, 1.807) is 0 Å². The quantitative estimate of drug-likeness (QED) is 0.605. The lowest BCUT2D eigenvalue weighted by molar-refractivity contribution is -0.511. The van der Waals surface area contributed by atoms with Gasteiger partial charge in [-0.2, -0.15) is 15.0 Å². The molecular formula is C8H17N5O+2. The molecule has 0 atom stereocenters. The maximum atomic E-state index is 11.2. The molecular weight excluding hydrogens is 188 g/mol. The van der Waals surface area contributed by atoms with Crippen molar-refractivity contribution in [1.29, 1.82) is 0 Å². The van der Waals surface area contributed by atoms with Crippen LogP contribution in [0.15, 0.2) is 4.79 Å². The molecule has 0 aliphatic heterocycles. The highest BCUT2D eigenvalue weighted by Gasteiger charge is 2.12. The molecule has 0 bridgehead atoms. The molecule has 0 saturated carbocycles. The summed E-state index contributed by atoms with van der Waals surface area (Å²) in [4.78, 5) is 19.4. The van der Waals surface area contributed by atoms with Gasteiger partial charge < -0.3 is 0 Å². The Morgan fingerprint density at radius 2 is 2.14 bits per heavy atom. The zero-order chi connectivity index (χ0) is 10.6. The molecule has 1 rings (SSSR count). The molecule has 1 aromatic heterocycles. The number of aromatic amines is 3. The second-order valence-corrected chi connectivity index (χ2v) is 3.28. The minimum absolute atomic E-state index is 0.247. The van der Waals surface area contributed by atoms with Crippen molar-refractivity contribution < 1.29 is 9.97 Å². The Balaban J connectivity index is 2.89. The molecule has 0 spiro atoms. The molecule has 0 aromatic carbocycles. The average molecular weight is 205 g/mol. The second-order valence-electron chi connectivity index (χ2n) is 3.28. The summed E-state index contributed by atoms with van der Waals surface area (Å²) in [6, 6.07) is 0.263. The van der Waals surface area contributed by atoms with Gasteiger partial charge in [0.05, 0.1) is 12.6 Å². The SMILES string of the molecule is CCN[13c]1[15nH+][13c](NC(C)C)[15nH][13c](=O)[15nH+]1. The number of aromatic nitrogens is 3. The third-order valence-electron chi connectivity index (χ3n) is 1.51. The van der Waals surface area contributed by atoms with Crippen LogP contribution in [-0.4, -0.2) is 17.6 Å². The largest absolute Gasteiger partial charge is 0.470 e. The summed E-state index contributed by atoms with van der Waals surface area (Å²) in [6.45, 7) is 6.70. The second kappa shape index (κ2) is 4.59. The molecule has 1 heterocycles. The number of hydrogen-bond acceptors (Lipinski definition) is 3. The number of hydrogen-bond donors (Lipinski definition) is 3. The van der Waals surface area contributed by atoms with Crippen molar-refractivity contribution in [1.82, 2.24) is 4.98 Å². The minimum Gasteiger partial charge on any atom is -0.262 e. The molecule has 0 saturated heterocycles. The van der Waals surface area contributed by atoms with Crippen molar-refractivity contribution >= 4 is 11.9 Å². The first kappa shape index (κ1) is 10.5. The summed E-state index contributed by atoms with van der Waals surface area (Å²) in [5.74, 6) is 1.19. The molecule has 0 unspecified atom stereocenters. The third-order valence-corrected chi connectivity index (χ3v) is 1.51. The molecule has 5 N–H and O–H groups in total. The van der Waals surface area contributed by atoms with Crippen molar-refractivity contribution in [2.75, 3.05) is 17.2 Å². The predicted octanol–water partition coefficient (Wildman–Crippen LogP) is -0.745. The Morgan fingerprint density at radius 3 is 2.71 bits per heavy atom. The maximum Gasteiger partial charge on any atom is 0.470 e. The van der Waals surface area contributed by atoms with Gasteiger partial charge in [0.1, 0.15) is 0 Å². The Kier molecular flexibility index (Phi) is 3.44. The monoisotopic (exact) mass is 205 g/mol. The van der Waals surface area contributed by atoms with E-state index in [1.165, 1.54) is 0 Å². The van der Waals surface area contributed by atoms with Crippen LogP contribution in [0.3, 0.4) is 0 Å². The maximum absolute atomic E-state index is 11.2. The van der Waals surface area contributed by atoms with E-state index in [0.29, 0.717) is 11.9 Å². The zero-order valence-electron chi connectivity index (χ0n) is 8.69. The van der Waals surface area contributed by atoms with Gasteiger partial charge in [0.2, 0.25) is 0 Å². The fourth-order valence-corrected chi connectivity index (χ4v) is 1.07. The van der Waals surface area contributed by atoms with Crippen LogP contribution in [0.1, 0.15) is 20.8 Å². The molecule has 0 aliphatic rings. The van der Waals surface area contributed by atoms with Gasteiger partial charge in [-0.25, -0.2) is 4.79 Å². The lowest BCUT2D eigenvalue weighted by Crippen LogP contribution is -2.41. The summed E-state index contributed by atoms with van der Waals surface area (Å²) < 4.78 is 0. The van der Waals surface area contributed by atoms with E-state index in [2.05, 4.69) is 25.6 Å². The molecule has 14 heavy (non-hydrogen) atoms. The van der Waals surface area contributed by atoms with Gasteiger partial charge in [-0.3, -0.25) is 10.6 Å². The normalized spacial score (nSPS) is 10.3. The average Bonchev–Trinajstić information content (AvgIpc) is 2.01. The van der Waals surface area contributed by atoms with Gasteiger partial charge in [-0.15, -0.1) is 0 Å². The lowest BCUT2D eigenvalue weighted by atomic mass is 10.4. The summed E-state index contributed by atoms with van der Waals surface area (Å²) in [5, 5.41) is 6.06. The third kappa shape index (κ3) is 3.04. The highest BCUT2D eigenvalue weighted by molar-refractivity contribution is 5.18. The van der Waals surface area contributed by atoms with Gasteiger partial charge in [0.25, 0.3) is 0 Å². The van der Waals surface area contributed by atoms with E-state index in [9.17, 15) is 4.79 Å². The first-order valence-corrected chi connectivity index (χ1v) is 4.71. The fraction of sp³-hybridized carbons (Fsp3) is 0.625. The van der Waals surface area contributed by atoms with E-state index < -0.39 is 0 Å². The smallest absolute Gasteiger partial charge is 0.262 e. The summed E-state index contributed by atoms with van der Waals surface area (Å²) in [7, 11) is 0. The van der Waals surface area contributed by atoms with E-state index in [1.807, 2.05) is 20.8 Å². The minimum atomic E-state index is -0.247. The van der Waals surface area contributed by atoms with Crippen molar-refractivity contribution in [3.8, 4) is 0 Å². The van der Waals surface area contributed by atoms with Crippen LogP contribution in [0.4, 0.5) is 11.9 Å². The Morgan fingerprint density at radius 1 is 1.43 bits per heavy atom. The van der Waals surface area contributed by atoms with Crippen LogP contribution in [0.2, 0.25) is 0 Å². The summed E-state index contributed by atoms with van der Waals surface area (Å²) in [5.41, 5.74) is -0.247. The molecule has 0 radical (unpaired) electrons. The van der Waals surface area contributed by atoms with Crippen molar-refractivity contribution in [3.05, 3.63) is 10.5 Å². The zero-order valence-corrected chi connectivity index (χ0v) is 8.69. The lowest BCUT2D eigenvalue weighted by Gasteiger charge is -1.99. The number of H-pyrrole nitrogens is 3. The molecule has 0 fully saturated rings. The van der Waals surface area contributed by atoms with E-state index in [-0.39, 0.29) is 11.7 Å². The van der Waals surface area contributed by atoms with Gasteiger partial charge >= 0.3 is 17.6 Å². The fourth-order valence-electron chi connectivity index (χ4n) is 1.07. The van der Waals surface area contributed by atoms with Crippen LogP contribution in [-0.2, 0) is 0 Å². The first-order chi connectivity index (χ1) is 6.61. The van der Waals surface area contributed by atoms with Crippen LogP contribution >= 0.6 is 0 Å². The number of rotatable bonds is 4. The molecule has 6 nitrogen and oxygen atoms in total. The van der Waals surface area contributed by atoms with Crippen LogP contribution < -0.4 is 26.3 Å². The topological polar surface area (TPSA) is 85.2 Å². The highest BCUT2D eigenvalue weighted by Crippen LogP contribution is 1.91. The van der Waals surface area contributed by atoms with Crippen molar-refractivity contribution in [2.24, 2.45) is 0 Å². The van der Waals surface area contributed by atoms with Gasteiger partial charge in [-0.05, 0) is 20.8 Å². The molecule has 78 valence electrons. The van der Waals surface area contributed by atoms with E-state index >= 15 is 0 Å². The van der Waals surface area contributed by atoms with Gasteiger partial charge in [0.15, 0.2) is 0 Å². The molecule has 0 amide bonds. The predicted molar refractivity (Wildman–Crippen MR) is 53.1 cm³/mol. The van der Waals surface area contributed by atoms with E-state index in [0.717, 1.165) is 6.54 Å². The first-order valence-electron chi connectivity index (χ1n) is 4.71. The molecule has 1 aromatic rings. The highest BCUT2D eigenvalue weighted by atomic mass is 16.3. The Bertz CT molecular complexity index is 346.